The molecular weight excluding hydrogens is 436 g/mol. The van der Waals surface area contributed by atoms with Gasteiger partial charge in [-0.3, -0.25) is 14.6 Å². The third-order valence-corrected chi connectivity index (χ3v) is 7.05. The first kappa shape index (κ1) is 21.8. The fraction of sp³-hybridized carbons (Fsp3) is 0.320. The number of thiazole rings is 1. The lowest BCUT2D eigenvalue weighted by molar-refractivity contribution is 0.0391. The average Bonchev–Trinajstić information content (AvgIpc) is 3.48. The maximum absolute atomic E-state index is 13.6. The largest absolute Gasteiger partial charge is 0.379 e. The lowest BCUT2D eigenvalue weighted by Gasteiger charge is -2.28. The van der Waals surface area contributed by atoms with Gasteiger partial charge < -0.3 is 9.26 Å². The summed E-state index contributed by atoms with van der Waals surface area (Å²) in [7, 11) is 0. The van der Waals surface area contributed by atoms with Crippen LogP contribution in [-0.4, -0.2) is 60.3 Å². The fourth-order valence-electron chi connectivity index (χ4n) is 4.08. The number of anilines is 1. The third kappa shape index (κ3) is 4.68. The molecule has 1 fully saturated rings. The Kier molecular flexibility index (Phi) is 6.22. The molecule has 5 rings (SSSR count). The molecule has 0 saturated carbocycles. The molecule has 33 heavy (non-hydrogen) atoms. The van der Waals surface area contributed by atoms with Gasteiger partial charge in [0.25, 0.3) is 5.91 Å². The number of carbonyl (C=O) groups is 1. The van der Waals surface area contributed by atoms with Crippen LogP contribution in [0.25, 0.3) is 21.5 Å². The van der Waals surface area contributed by atoms with Gasteiger partial charge in [0.15, 0.2) is 16.6 Å². The highest BCUT2D eigenvalue weighted by Crippen LogP contribution is 2.33. The summed E-state index contributed by atoms with van der Waals surface area (Å²) in [6, 6.07) is 15.6. The number of morpholine rings is 1. The molecule has 1 saturated heterocycles. The molecule has 0 atom stereocenters. The van der Waals surface area contributed by atoms with Gasteiger partial charge in [0, 0.05) is 37.8 Å². The van der Waals surface area contributed by atoms with Crippen LogP contribution in [0.5, 0.6) is 0 Å². The average molecular weight is 463 g/mol. The number of hydrogen-bond donors (Lipinski definition) is 0. The Bertz CT molecular complexity index is 1260. The Morgan fingerprint density at radius 1 is 1.12 bits per heavy atom. The van der Waals surface area contributed by atoms with E-state index in [2.05, 4.69) is 36.0 Å². The van der Waals surface area contributed by atoms with Crippen LogP contribution < -0.4 is 4.90 Å². The van der Waals surface area contributed by atoms with Crippen LogP contribution in [-0.2, 0) is 4.74 Å². The van der Waals surface area contributed by atoms with Crippen molar-refractivity contribution >= 4 is 32.6 Å². The number of aromatic nitrogens is 2. The molecule has 1 amide bonds. The van der Waals surface area contributed by atoms with Crippen molar-refractivity contribution in [2.24, 2.45) is 0 Å². The molecule has 0 aliphatic carbocycles. The van der Waals surface area contributed by atoms with Crippen LogP contribution in [0.2, 0.25) is 0 Å². The SMILES string of the molecule is Cc1cc(C)c2sc(N(CCN3CCOCC3)C(=O)c3cc(-c4ccccc4)on3)nc2c1. The van der Waals surface area contributed by atoms with Gasteiger partial charge in [-0.05, 0) is 31.0 Å². The van der Waals surface area contributed by atoms with E-state index in [-0.39, 0.29) is 11.6 Å². The van der Waals surface area contributed by atoms with Gasteiger partial charge >= 0.3 is 0 Å². The summed E-state index contributed by atoms with van der Waals surface area (Å²) in [5.41, 5.74) is 4.41. The van der Waals surface area contributed by atoms with Crippen LogP contribution in [0.4, 0.5) is 5.13 Å². The van der Waals surface area contributed by atoms with Gasteiger partial charge in [-0.25, -0.2) is 4.98 Å². The first-order chi connectivity index (χ1) is 16.1. The fourth-order valence-corrected chi connectivity index (χ4v) is 5.12. The predicted octanol–water partition coefficient (Wildman–Crippen LogP) is 4.55. The number of amides is 1. The van der Waals surface area contributed by atoms with Crippen molar-refractivity contribution in [3.05, 3.63) is 65.4 Å². The van der Waals surface area contributed by atoms with Crippen molar-refractivity contribution in [3.8, 4) is 11.3 Å². The van der Waals surface area contributed by atoms with E-state index >= 15 is 0 Å². The molecule has 0 bridgehead atoms. The smallest absolute Gasteiger partial charge is 0.282 e. The number of aryl methyl sites for hydroxylation is 2. The Hall–Kier alpha value is -3.07. The van der Waals surface area contributed by atoms with Crippen molar-refractivity contribution in [3.63, 3.8) is 0 Å². The Labute approximate surface area is 196 Å². The molecule has 4 aromatic rings. The second-order valence-corrected chi connectivity index (χ2v) is 9.26. The molecule has 0 spiro atoms. The summed E-state index contributed by atoms with van der Waals surface area (Å²) in [6.45, 7) is 8.57. The van der Waals surface area contributed by atoms with Crippen molar-refractivity contribution in [1.82, 2.24) is 15.0 Å². The van der Waals surface area contributed by atoms with Crippen LogP contribution in [0.15, 0.2) is 53.1 Å². The summed E-state index contributed by atoms with van der Waals surface area (Å²) in [5, 5.41) is 4.78. The molecule has 0 radical (unpaired) electrons. The number of benzene rings is 2. The zero-order valence-electron chi connectivity index (χ0n) is 18.8. The molecule has 3 heterocycles. The number of fused-ring (bicyclic) bond motifs is 1. The van der Waals surface area contributed by atoms with Gasteiger partial charge in [-0.15, -0.1) is 0 Å². The highest BCUT2D eigenvalue weighted by Gasteiger charge is 2.26. The van der Waals surface area contributed by atoms with Crippen LogP contribution in [0.1, 0.15) is 21.6 Å². The van der Waals surface area contributed by atoms with E-state index in [1.807, 2.05) is 30.3 Å². The predicted molar refractivity (Wildman–Crippen MR) is 130 cm³/mol. The maximum atomic E-state index is 13.6. The maximum Gasteiger partial charge on any atom is 0.282 e. The van der Waals surface area contributed by atoms with Crippen molar-refractivity contribution in [1.29, 1.82) is 0 Å². The lowest BCUT2D eigenvalue weighted by Crippen LogP contribution is -2.43. The molecular formula is C25H26N4O3S. The molecule has 1 aliphatic rings. The standard InChI is InChI=1S/C25H26N4O3S/c1-17-14-18(2)23-20(15-17)26-25(33-23)29(9-8-28-10-12-31-13-11-28)24(30)21-16-22(32-27-21)19-6-4-3-5-7-19/h3-7,14-16H,8-13H2,1-2H3. The van der Waals surface area contributed by atoms with E-state index in [1.54, 1.807) is 22.3 Å². The summed E-state index contributed by atoms with van der Waals surface area (Å²) >= 11 is 1.55. The van der Waals surface area contributed by atoms with Crippen molar-refractivity contribution in [2.75, 3.05) is 44.3 Å². The molecule has 1 aliphatic heterocycles. The zero-order valence-corrected chi connectivity index (χ0v) is 19.6. The van der Waals surface area contributed by atoms with E-state index in [1.165, 1.54) is 5.56 Å². The molecule has 0 N–H and O–H groups in total. The number of nitrogens with zero attached hydrogens (tertiary/aromatic N) is 4. The number of rotatable bonds is 6. The Morgan fingerprint density at radius 2 is 1.91 bits per heavy atom. The van der Waals surface area contributed by atoms with Crippen LogP contribution in [0.3, 0.4) is 0 Å². The summed E-state index contributed by atoms with van der Waals surface area (Å²) < 4.78 is 12.1. The van der Waals surface area contributed by atoms with E-state index < -0.39 is 0 Å². The van der Waals surface area contributed by atoms with Gasteiger partial charge in [0.2, 0.25) is 0 Å². The second kappa shape index (κ2) is 9.43. The zero-order chi connectivity index (χ0) is 22.8. The highest BCUT2D eigenvalue weighted by atomic mass is 32.1. The van der Waals surface area contributed by atoms with E-state index in [0.29, 0.717) is 17.4 Å². The number of hydrogen-bond acceptors (Lipinski definition) is 7. The number of carbonyl (C=O) groups excluding carboxylic acids is 1. The topological polar surface area (TPSA) is 71.7 Å². The van der Waals surface area contributed by atoms with Crippen LogP contribution >= 0.6 is 11.3 Å². The summed E-state index contributed by atoms with van der Waals surface area (Å²) in [5.74, 6) is 0.366. The minimum atomic E-state index is -0.206. The molecule has 2 aromatic carbocycles. The van der Waals surface area contributed by atoms with Gasteiger partial charge in [0.05, 0.1) is 23.4 Å². The summed E-state index contributed by atoms with van der Waals surface area (Å²) in [6.07, 6.45) is 0. The Morgan fingerprint density at radius 3 is 2.70 bits per heavy atom. The van der Waals surface area contributed by atoms with Crippen molar-refractivity contribution < 1.29 is 14.1 Å². The monoisotopic (exact) mass is 462 g/mol. The molecule has 8 heteroatoms. The van der Waals surface area contributed by atoms with Gasteiger partial charge in [-0.2, -0.15) is 0 Å². The normalized spacial score (nSPS) is 14.6. The van der Waals surface area contributed by atoms with Gasteiger partial charge in [-0.1, -0.05) is 52.9 Å². The minimum Gasteiger partial charge on any atom is -0.379 e. The molecule has 7 nitrogen and oxygen atoms in total. The minimum absolute atomic E-state index is 0.206. The van der Waals surface area contributed by atoms with E-state index in [9.17, 15) is 4.79 Å². The highest BCUT2D eigenvalue weighted by molar-refractivity contribution is 7.22. The van der Waals surface area contributed by atoms with Crippen molar-refractivity contribution in [2.45, 2.75) is 13.8 Å². The molecule has 2 aromatic heterocycles. The summed E-state index contributed by atoms with van der Waals surface area (Å²) in [4.78, 5) is 22.5. The Balaban J connectivity index is 1.46. The molecule has 0 unspecified atom stereocenters. The van der Waals surface area contributed by atoms with Gasteiger partial charge in [0.1, 0.15) is 0 Å². The first-order valence-electron chi connectivity index (χ1n) is 11.1. The van der Waals surface area contributed by atoms with Crippen LogP contribution in [0, 0.1) is 13.8 Å². The van der Waals surface area contributed by atoms with E-state index in [0.717, 1.165) is 54.2 Å². The first-order valence-corrected chi connectivity index (χ1v) is 11.9. The number of ether oxygens (including phenoxy) is 1. The molecule has 170 valence electrons. The second-order valence-electron chi connectivity index (χ2n) is 8.28. The quantitative estimate of drug-likeness (QED) is 0.419. The van der Waals surface area contributed by atoms with E-state index in [4.69, 9.17) is 14.2 Å². The third-order valence-electron chi connectivity index (χ3n) is 5.82. The lowest BCUT2D eigenvalue weighted by atomic mass is 10.1.